The molecule has 7 nitrogen and oxygen atoms in total. The van der Waals surface area contributed by atoms with Gasteiger partial charge in [0.25, 0.3) is 11.8 Å². The van der Waals surface area contributed by atoms with Crippen molar-refractivity contribution >= 4 is 17.7 Å². The number of para-hydroxylation sites is 1. The second kappa shape index (κ2) is 9.85. The van der Waals surface area contributed by atoms with Crippen LogP contribution in [0.3, 0.4) is 0 Å². The molecule has 2 aromatic carbocycles. The van der Waals surface area contributed by atoms with Crippen LogP contribution < -0.4 is 4.74 Å². The number of hydrogen-bond donors (Lipinski definition) is 0. The number of carbonyl (C=O) groups is 3. The fraction of sp³-hybridized carbons (Fsp3) is 0.400. The van der Waals surface area contributed by atoms with Gasteiger partial charge in [-0.15, -0.1) is 0 Å². The Bertz CT molecular complexity index is 964. The molecule has 1 saturated heterocycles. The minimum Gasteiger partial charge on any atom is -0.483 e. The molecular weight excluding hydrogens is 406 g/mol. The average molecular weight is 438 g/mol. The first kappa shape index (κ1) is 23.3. The third kappa shape index (κ3) is 5.10. The van der Waals surface area contributed by atoms with E-state index in [-0.39, 0.29) is 24.3 Å². The zero-order chi connectivity index (χ0) is 23.3. The smallest absolute Gasteiger partial charge is 0.259 e. The predicted molar refractivity (Wildman–Crippen MR) is 123 cm³/mol. The summed E-state index contributed by atoms with van der Waals surface area (Å²) in [5, 5.41) is 0. The molecule has 2 aromatic rings. The summed E-state index contributed by atoms with van der Waals surface area (Å²) in [5.74, 6) is 0.103. The Morgan fingerprint density at radius 1 is 0.875 bits per heavy atom. The molecule has 0 radical (unpaired) electrons. The van der Waals surface area contributed by atoms with Gasteiger partial charge in [0.1, 0.15) is 5.75 Å². The third-order valence-corrected chi connectivity index (χ3v) is 5.85. The van der Waals surface area contributed by atoms with Crippen LogP contribution in [-0.2, 0) is 15.0 Å². The predicted octanol–water partition coefficient (Wildman–Crippen LogP) is 2.42. The van der Waals surface area contributed by atoms with Crippen molar-refractivity contribution in [2.75, 3.05) is 46.9 Å². The lowest BCUT2D eigenvalue weighted by Gasteiger charge is -2.39. The maximum absolute atomic E-state index is 13.2. The first-order chi connectivity index (χ1) is 15.2. The Balaban J connectivity index is 1.64. The summed E-state index contributed by atoms with van der Waals surface area (Å²) in [6.45, 7) is 5.58. The molecule has 32 heavy (non-hydrogen) atoms. The van der Waals surface area contributed by atoms with E-state index in [1.54, 1.807) is 43.3 Å². The van der Waals surface area contributed by atoms with Gasteiger partial charge in [-0.2, -0.15) is 0 Å². The van der Waals surface area contributed by atoms with Crippen molar-refractivity contribution in [3.63, 3.8) is 0 Å². The number of piperazine rings is 1. The number of likely N-dealkylation sites (N-methyl/N-ethyl adjacent to an activating group) is 1. The monoisotopic (exact) mass is 437 g/mol. The fourth-order valence-electron chi connectivity index (χ4n) is 3.69. The molecule has 1 fully saturated rings. The van der Waals surface area contributed by atoms with Crippen LogP contribution in [0, 0.1) is 0 Å². The molecule has 3 rings (SSSR count). The van der Waals surface area contributed by atoms with Crippen molar-refractivity contribution in [1.29, 1.82) is 0 Å². The second-order valence-corrected chi connectivity index (χ2v) is 8.65. The van der Waals surface area contributed by atoms with E-state index in [0.29, 0.717) is 37.5 Å². The van der Waals surface area contributed by atoms with E-state index in [1.165, 1.54) is 4.90 Å². The molecule has 1 aliphatic heterocycles. The number of hydrogen-bond acceptors (Lipinski definition) is 4. The topological polar surface area (TPSA) is 70.2 Å². The summed E-state index contributed by atoms with van der Waals surface area (Å²) in [6.07, 6.45) is 0. The molecule has 1 aliphatic rings. The lowest BCUT2D eigenvalue weighted by molar-refractivity contribution is -0.137. The standard InChI is InChI=1S/C25H31N3O4/c1-25(2,19-10-6-5-7-11-19)24(31)28-16-14-27(15-17-28)23(30)20-12-8-9-13-21(20)32-18-22(29)26(3)4/h5-13H,14-18H2,1-4H3. The minimum absolute atomic E-state index is 0.0572. The summed E-state index contributed by atoms with van der Waals surface area (Å²) in [5.41, 5.74) is 0.762. The van der Waals surface area contributed by atoms with Crippen LogP contribution in [-0.4, -0.2) is 79.3 Å². The molecule has 0 aliphatic carbocycles. The highest BCUT2D eigenvalue weighted by molar-refractivity contribution is 5.97. The van der Waals surface area contributed by atoms with Gasteiger partial charge >= 0.3 is 0 Å². The first-order valence-electron chi connectivity index (χ1n) is 10.8. The lowest BCUT2D eigenvalue weighted by Crippen LogP contribution is -2.54. The molecule has 0 aromatic heterocycles. The van der Waals surface area contributed by atoms with Gasteiger partial charge in [-0.3, -0.25) is 14.4 Å². The number of nitrogens with zero attached hydrogens (tertiary/aromatic N) is 3. The second-order valence-electron chi connectivity index (χ2n) is 8.65. The van der Waals surface area contributed by atoms with Crippen LogP contribution in [0.15, 0.2) is 54.6 Å². The molecule has 3 amide bonds. The number of rotatable bonds is 6. The zero-order valence-electron chi connectivity index (χ0n) is 19.2. The molecule has 0 N–H and O–H groups in total. The average Bonchev–Trinajstić information content (AvgIpc) is 2.82. The van der Waals surface area contributed by atoms with Gasteiger partial charge in [-0.1, -0.05) is 42.5 Å². The molecule has 7 heteroatoms. The maximum atomic E-state index is 13.2. The Morgan fingerprint density at radius 3 is 2.06 bits per heavy atom. The summed E-state index contributed by atoms with van der Waals surface area (Å²) < 4.78 is 5.62. The van der Waals surface area contributed by atoms with E-state index < -0.39 is 5.41 Å². The highest BCUT2D eigenvalue weighted by Gasteiger charge is 2.36. The Hall–Kier alpha value is -3.35. The van der Waals surface area contributed by atoms with Crippen LogP contribution in [0.1, 0.15) is 29.8 Å². The van der Waals surface area contributed by atoms with E-state index in [2.05, 4.69) is 0 Å². The van der Waals surface area contributed by atoms with Crippen molar-refractivity contribution in [3.05, 3.63) is 65.7 Å². The maximum Gasteiger partial charge on any atom is 0.259 e. The largest absolute Gasteiger partial charge is 0.483 e. The molecule has 0 spiro atoms. The van der Waals surface area contributed by atoms with Crippen LogP contribution in [0.25, 0.3) is 0 Å². The van der Waals surface area contributed by atoms with Gasteiger partial charge < -0.3 is 19.4 Å². The molecule has 0 bridgehead atoms. The van der Waals surface area contributed by atoms with Gasteiger partial charge in [-0.05, 0) is 31.5 Å². The Kier molecular flexibility index (Phi) is 7.18. The molecular formula is C25H31N3O4. The van der Waals surface area contributed by atoms with Gasteiger partial charge in [0.05, 0.1) is 11.0 Å². The highest BCUT2D eigenvalue weighted by atomic mass is 16.5. The number of ether oxygens (including phenoxy) is 1. The van der Waals surface area contributed by atoms with Crippen LogP contribution in [0.4, 0.5) is 0 Å². The normalized spacial score (nSPS) is 14.1. The van der Waals surface area contributed by atoms with E-state index >= 15 is 0 Å². The van der Waals surface area contributed by atoms with Crippen LogP contribution in [0.2, 0.25) is 0 Å². The molecule has 170 valence electrons. The Labute approximate surface area is 189 Å². The minimum atomic E-state index is -0.632. The van der Waals surface area contributed by atoms with Crippen LogP contribution in [0.5, 0.6) is 5.75 Å². The summed E-state index contributed by atoms with van der Waals surface area (Å²) in [6, 6.07) is 16.7. The zero-order valence-corrected chi connectivity index (χ0v) is 19.2. The first-order valence-corrected chi connectivity index (χ1v) is 10.8. The Morgan fingerprint density at radius 2 is 1.44 bits per heavy atom. The van der Waals surface area contributed by atoms with Gasteiger partial charge in [-0.25, -0.2) is 0 Å². The van der Waals surface area contributed by atoms with E-state index in [0.717, 1.165) is 5.56 Å². The van der Waals surface area contributed by atoms with Crippen LogP contribution >= 0.6 is 0 Å². The third-order valence-electron chi connectivity index (χ3n) is 5.85. The number of amides is 3. The van der Waals surface area contributed by atoms with Crippen molar-refractivity contribution < 1.29 is 19.1 Å². The van der Waals surface area contributed by atoms with Crippen molar-refractivity contribution in [1.82, 2.24) is 14.7 Å². The number of carbonyl (C=O) groups excluding carboxylic acids is 3. The molecule has 0 saturated carbocycles. The van der Waals surface area contributed by atoms with Crippen molar-refractivity contribution in [2.24, 2.45) is 0 Å². The molecule has 1 heterocycles. The van der Waals surface area contributed by atoms with E-state index in [9.17, 15) is 14.4 Å². The SMILES string of the molecule is CN(C)C(=O)COc1ccccc1C(=O)N1CCN(C(=O)C(C)(C)c2ccccc2)CC1. The summed E-state index contributed by atoms with van der Waals surface area (Å²) in [4.78, 5) is 43.2. The van der Waals surface area contributed by atoms with Crippen molar-refractivity contribution in [2.45, 2.75) is 19.3 Å². The summed E-state index contributed by atoms with van der Waals surface area (Å²) in [7, 11) is 3.31. The van der Waals surface area contributed by atoms with E-state index in [1.807, 2.05) is 49.1 Å². The molecule has 0 atom stereocenters. The van der Waals surface area contributed by atoms with E-state index in [4.69, 9.17) is 4.74 Å². The lowest BCUT2D eigenvalue weighted by atomic mass is 9.83. The van der Waals surface area contributed by atoms with Crippen molar-refractivity contribution in [3.8, 4) is 5.75 Å². The number of benzene rings is 2. The summed E-state index contributed by atoms with van der Waals surface area (Å²) >= 11 is 0. The van der Waals surface area contributed by atoms with Gasteiger partial charge in [0.15, 0.2) is 6.61 Å². The van der Waals surface area contributed by atoms with Gasteiger partial charge in [0, 0.05) is 40.3 Å². The molecule has 0 unspecified atom stereocenters. The quantitative estimate of drug-likeness (QED) is 0.696. The fourth-order valence-corrected chi connectivity index (χ4v) is 3.69. The highest BCUT2D eigenvalue weighted by Crippen LogP contribution is 2.27. The van der Waals surface area contributed by atoms with Gasteiger partial charge in [0.2, 0.25) is 5.91 Å².